The van der Waals surface area contributed by atoms with Gasteiger partial charge in [0.25, 0.3) is 0 Å². The molecule has 0 radical (unpaired) electrons. The first-order chi connectivity index (χ1) is 7.47. The Hall–Kier alpha value is 0.0300. The minimum absolute atomic E-state index is 0.167. The highest BCUT2D eigenvalue weighted by Gasteiger charge is 2.49. The molecule has 2 aliphatic rings. The summed E-state index contributed by atoms with van der Waals surface area (Å²) in [6.07, 6.45) is 4.26. The van der Waals surface area contributed by atoms with Gasteiger partial charge in [-0.1, -0.05) is 0 Å². The Labute approximate surface area is 98.6 Å². The van der Waals surface area contributed by atoms with E-state index in [2.05, 4.69) is 5.43 Å². The second-order valence-corrected chi connectivity index (χ2v) is 5.33. The number of hydrogen-bond donors (Lipinski definition) is 2. The molecule has 2 fully saturated rings. The summed E-state index contributed by atoms with van der Waals surface area (Å²) < 4.78 is 31.9. The average molecular weight is 255 g/mol. The molecule has 2 atom stereocenters. The minimum atomic E-state index is -3.30. The number of hydrazine groups is 1. The minimum Gasteiger partial charge on any atom is -0.375 e. The van der Waals surface area contributed by atoms with Crippen LogP contribution in [0.5, 0.6) is 0 Å². The van der Waals surface area contributed by atoms with E-state index >= 15 is 0 Å². The van der Waals surface area contributed by atoms with Crippen LogP contribution < -0.4 is 11.3 Å². The lowest BCUT2D eigenvalue weighted by atomic mass is 9.70. The zero-order valence-electron chi connectivity index (χ0n) is 9.02. The van der Waals surface area contributed by atoms with Crippen LogP contribution >= 0.6 is 11.6 Å². The highest BCUT2D eigenvalue weighted by Crippen LogP contribution is 2.46. The van der Waals surface area contributed by atoms with Crippen molar-refractivity contribution in [1.82, 2.24) is 5.43 Å². The second kappa shape index (κ2) is 4.37. The van der Waals surface area contributed by atoms with E-state index in [1.54, 1.807) is 0 Å². The van der Waals surface area contributed by atoms with E-state index in [0.29, 0.717) is 19.4 Å². The lowest BCUT2D eigenvalue weighted by molar-refractivity contribution is -0.155. The number of ether oxygens (including phenoxy) is 1. The predicted molar refractivity (Wildman–Crippen MR) is 57.2 cm³/mol. The van der Waals surface area contributed by atoms with E-state index in [4.69, 9.17) is 22.2 Å². The van der Waals surface area contributed by atoms with Crippen LogP contribution in [0.2, 0.25) is 0 Å². The summed E-state index contributed by atoms with van der Waals surface area (Å²) in [5.74, 6) is 4.97. The molecule has 1 aliphatic heterocycles. The molecular weight excluding hydrogens is 238 g/mol. The van der Waals surface area contributed by atoms with E-state index in [1.807, 2.05) is 0 Å². The second-order valence-electron chi connectivity index (χ2n) is 4.82. The van der Waals surface area contributed by atoms with Crippen molar-refractivity contribution in [1.29, 1.82) is 0 Å². The van der Waals surface area contributed by atoms with Crippen LogP contribution in [0.15, 0.2) is 0 Å². The standard InChI is InChI=1S/C10H17ClF2N2O/c11-10(12,13)8(15-14)7-2-5-16-9(6-7)3-1-4-9/h7-8,15H,1-6,14H2. The van der Waals surface area contributed by atoms with Crippen molar-refractivity contribution in [2.45, 2.75) is 49.1 Å². The van der Waals surface area contributed by atoms with Crippen molar-refractivity contribution in [3.05, 3.63) is 0 Å². The molecular formula is C10H17ClF2N2O. The zero-order chi connectivity index (χ0) is 11.8. The fraction of sp³-hybridized carbons (Fsp3) is 1.00. The molecule has 0 aromatic rings. The molecule has 1 spiro atoms. The highest BCUT2D eigenvalue weighted by atomic mass is 35.5. The fourth-order valence-corrected chi connectivity index (χ4v) is 3.01. The van der Waals surface area contributed by atoms with Gasteiger partial charge in [0, 0.05) is 6.61 Å². The smallest absolute Gasteiger partial charge is 0.338 e. The summed E-state index contributed by atoms with van der Waals surface area (Å²) in [6, 6.07) is -1.17. The van der Waals surface area contributed by atoms with E-state index < -0.39 is 11.4 Å². The normalized spacial score (nSPS) is 31.1. The Morgan fingerprint density at radius 2 is 2.19 bits per heavy atom. The number of nitrogens with one attached hydrogen (secondary N) is 1. The Balaban J connectivity index is 2.02. The molecule has 16 heavy (non-hydrogen) atoms. The summed E-state index contributed by atoms with van der Waals surface area (Å²) in [5.41, 5.74) is 1.99. The first kappa shape index (κ1) is 12.5. The fourth-order valence-electron chi connectivity index (χ4n) is 2.77. The molecule has 0 aromatic carbocycles. The lowest BCUT2D eigenvalue weighted by Gasteiger charge is -2.49. The van der Waals surface area contributed by atoms with Gasteiger partial charge in [0.2, 0.25) is 0 Å². The van der Waals surface area contributed by atoms with E-state index in [-0.39, 0.29) is 11.5 Å². The SMILES string of the molecule is NNC(C1CCOC2(CCC2)C1)C(F)(F)Cl. The molecule has 2 rings (SSSR count). The summed E-state index contributed by atoms with van der Waals surface area (Å²) in [4.78, 5) is 0. The monoisotopic (exact) mass is 254 g/mol. The Bertz CT molecular complexity index is 256. The van der Waals surface area contributed by atoms with Crippen molar-refractivity contribution in [3.63, 3.8) is 0 Å². The number of hydrogen-bond acceptors (Lipinski definition) is 3. The number of halogens is 3. The topological polar surface area (TPSA) is 47.3 Å². The van der Waals surface area contributed by atoms with Gasteiger partial charge in [-0.15, -0.1) is 0 Å². The van der Waals surface area contributed by atoms with Gasteiger partial charge in [-0.2, -0.15) is 8.78 Å². The summed E-state index contributed by atoms with van der Waals surface area (Å²) in [5, 5.41) is -3.30. The summed E-state index contributed by atoms with van der Waals surface area (Å²) >= 11 is 5.07. The molecule has 1 heterocycles. The molecule has 94 valence electrons. The van der Waals surface area contributed by atoms with Crippen LogP contribution in [0.1, 0.15) is 32.1 Å². The molecule has 3 nitrogen and oxygen atoms in total. The third-order valence-electron chi connectivity index (χ3n) is 3.80. The van der Waals surface area contributed by atoms with Crippen LogP contribution in [-0.4, -0.2) is 23.6 Å². The highest BCUT2D eigenvalue weighted by molar-refractivity contribution is 6.22. The van der Waals surface area contributed by atoms with Crippen LogP contribution in [0.4, 0.5) is 8.78 Å². The zero-order valence-corrected chi connectivity index (χ0v) is 9.77. The molecule has 1 saturated heterocycles. The number of nitrogens with two attached hydrogens (primary N) is 1. The van der Waals surface area contributed by atoms with Crippen molar-refractivity contribution in [2.24, 2.45) is 11.8 Å². The Morgan fingerprint density at radius 1 is 1.50 bits per heavy atom. The molecule has 2 unspecified atom stereocenters. The molecule has 1 aliphatic carbocycles. The predicted octanol–water partition coefficient (Wildman–Crippen LogP) is 2.00. The maximum absolute atomic E-state index is 13.1. The number of rotatable bonds is 3. The quantitative estimate of drug-likeness (QED) is 0.460. The number of alkyl halides is 3. The Morgan fingerprint density at radius 3 is 2.62 bits per heavy atom. The van der Waals surface area contributed by atoms with Gasteiger partial charge >= 0.3 is 5.38 Å². The van der Waals surface area contributed by atoms with Crippen molar-refractivity contribution in [2.75, 3.05) is 6.61 Å². The van der Waals surface area contributed by atoms with Crippen LogP contribution in [0.25, 0.3) is 0 Å². The van der Waals surface area contributed by atoms with Crippen LogP contribution in [-0.2, 0) is 4.74 Å². The van der Waals surface area contributed by atoms with Crippen molar-refractivity contribution < 1.29 is 13.5 Å². The third kappa shape index (κ3) is 2.32. The van der Waals surface area contributed by atoms with Crippen molar-refractivity contribution in [3.8, 4) is 0 Å². The van der Waals surface area contributed by atoms with Gasteiger partial charge in [0.05, 0.1) is 5.60 Å². The maximum Gasteiger partial charge on any atom is 0.338 e. The molecule has 0 amide bonds. The van der Waals surface area contributed by atoms with Gasteiger partial charge in [-0.25, -0.2) is 5.43 Å². The summed E-state index contributed by atoms with van der Waals surface area (Å²) in [6.45, 7) is 0.524. The first-order valence-corrected chi connectivity index (χ1v) is 6.01. The summed E-state index contributed by atoms with van der Waals surface area (Å²) in [7, 11) is 0. The van der Waals surface area contributed by atoms with Crippen LogP contribution in [0.3, 0.4) is 0 Å². The average Bonchev–Trinajstić information content (AvgIpc) is 2.15. The van der Waals surface area contributed by atoms with Crippen molar-refractivity contribution >= 4 is 11.6 Å². The van der Waals surface area contributed by atoms with E-state index in [1.165, 1.54) is 0 Å². The third-order valence-corrected chi connectivity index (χ3v) is 4.03. The van der Waals surface area contributed by atoms with E-state index in [0.717, 1.165) is 19.3 Å². The van der Waals surface area contributed by atoms with Gasteiger partial charge in [0.15, 0.2) is 0 Å². The van der Waals surface area contributed by atoms with Crippen LogP contribution in [0, 0.1) is 5.92 Å². The van der Waals surface area contributed by atoms with Gasteiger partial charge in [0.1, 0.15) is 6.04 Å². The van der Waals surface area contributed by atoms with Gasteiger partial charge < -0.3 is 4.74 Å². The molecule has 6 heteroatoms. The van der Waals surface area contributed by atoms with Gasteiger partial charge in [-0.3, -0.25) is 5.84 Å². The molecule has 3 N–H and O–H groups in total. The molecule has 0 bridgehead atoms. The van der Waals surface area contributed by atoms with Gasteiger partial charge in [-0.05, 0) is 49.6 Å². The van der Waals surface area contributed by atoms with E-state index in [9.17, 15) is 8.78 Å². The maximum atomic E-state index is 13.1. The lowest BCUT2D eigenvalue weighted by Crippen LogP contribution is -2.56. The molecule has 1 saturated carbocycles. The molecule has 0 aromatic heterocycles. The largest absolute Gasteiger partial charge is 0.375 e. The first-order valence-electron chi connectivity index (χ1n) is 5.64. The Kier molecular flexibility index (Phi) is 3.41.